The summed E-state index contributed by atoms with van der Waals surface area (Å²) in [6, 6.07) is 0. The van der Waals surface area contributed by atoms with E-state index in [2.05, 4.69) is 6.58 Å². The maximum atomic E-state index is 10.8. The lowest BCUT2D eigenvalue weighted by molar-refractivity contribution is -0.156. The Morgan fingerprint density at radius 1 is 1.82 bits per heavy atom. The van der Waals surface area contributed by atoms with E-state index in [1.54, 1.807) is 0 Å². The zero-order chi connectivity index (χ0) is 7.90. The van der Waals surface area contributed by atoms with Crippen LogP contribution in [0.15, 0.2) is 24.8 Å². The van der Waals surface area contributed by atoms with Gasteiger partial charge in [-0.25, -0.2) is 4.79 Å². The highest BCUT2D eigenvalue weighted by atomic mass is 16.6. The molecule has 0 aromatic carbocycles. The second-order valence-electron chi connectivity index (χ2n) is 3.09. The summed E-state index contributed by atoms with van der Waals surface area (Å²) in [5.74, 6) is 0.127. The van der Waals surface area contributed by atoms with Gasteiger partial charge in [0.15, 0.2) is 0 Å². The Kier molecular flexibility index (Phi) is 1.19. The van der Waals surface area contributed by atoms with Gasteiger partial charge in [-0.3, -0.25) is 0 Å². The average Bonchev–Trinajstić information content (AvgIpc) is 2.33. The lowest BCUT2D eigenvalue weighted by Crippen LogP contribution is -2.45. The third-order valence-electron chi connectivity index (χ3n) is 2.55. The number of carbonyl (C=O) groups is 1. The van der Waals surface area contributed by atoms with E-state index in [1.807, 2.05) is 12.2 Å². The molecule has 1 fully saturated rings. The van der Waals surface area contributed by atoms with Crippen molar-refractivity contribution in [2.24, 2.45) is 5.92 Å². The molecule has 2 rings (SSSR count). The number of rotatable bonds is 1. The molecule has 0 N–H and O–H groups in total. The number of hydrogen-bond donors (Lipinski definition) is 0. The van der Waals surface area contributed by atoms with Gasteiger partial charge in [-0.2, -0.15) is 0 Å². The molecule has 0 aromatic heterocycles. The Balaban J connectivity index is 2.19. The molecule has 2 heteroatoms. The maximum Gasteiger partial charge on any atom is 0.331 e. The lowest BCUT2D eigenvalue weighted by atomic mass is 9.70. The molecule has 1 aliphatic carbocycles. The molecule has 1 heterocycles. The zero-order valence-electron chi connectivity index (χ0n) is 6.25. The topological polar surface area (TPSA) is 26.3 Å². The van der Waals surface area contributed by atoms with Gasteiger partial charge in [0.2, 0.25) is 0 Å². The van der Waals surface area contributed by atoms with E-state index in [0.29, 0.717) is 5.92 Å². The molecular weight excluding hydrogens is 140 g/mol. The van der Waals surface area contributed by atoms with Crippen molar-refractivity contribution in [1.29, 1.82) is 0 Å². The van der Waals surface area contributed by atoms with Crippen LogP contribution in [0.4, 0.5) is 0 Å². The van der Waals surface area contributed by atoms with Crippen LogP contribution in [0, 0.1) is 5.92 Å². The SMILES string of the molecule is C=C[C@H]1CC[C@]12C=CC(=O)O2. The lowest BCUT2D eigenvalue weighted by Gasteiger charge is -2.42. The van der Waals surface area contributed by atoms with E-state index in [0.717, 1.165) is 12.8 Å². The van der Waals surface area contributed by atoms with Gasteiger partial charge in [-0.05, 0) is 18.9 Å². The molecule has 0 aromatic rings. The Hall–Kier alpha value is -1.05. The second kappa shape index (κ2) is 1.97. The highest BCUT2D eigenvalue weighted by Gasteiger charge is 2.48. The van der Waals surface area contributed by atoms with Crippen LogP contribution in [0.2, 0.25) is 0 Å². The average molecular weight is 150 g/mol. The Morgan fingerprint density at radius 2 is 2.64 bits per heavy atom. The molecule has 0 unspecified atom stereocenters. The van der Waals surface area contributed by atoms with Crippen LogP contribution in [-0.2, 0) is 9.53 Å². The number of ether oxygens (including phenoxy) is 1. The second-order valence-corrected chi connectivity index (χ2v) is 3.09. The third kappa shape index (κ3) is 0.754. The number of hydrogen-bond acceptors (Lipinski definition) is 2. The summed E-state index contributed by atoms with van der Waals surface area (Å²) in [5.41, 5.74) is -0.293. The smallest absolute Gasteiger partial charge is 0.331 e. The first kappa shape index (κ1) is 6.65. The largest absolute Gasteiger partial charge is 0.451 e. The molecule has 2 nitrogen and oxygen atoms in total. The van der Waals surface area contributed by atoms with Crippen LogP contribution in [0.3, 0.4) is 0 Å². The van der Waals surface area contributed by atoms with Gasteiger partial charge in [0, 0.05) is 12.0 Å². The van der Waals surface area contributed by atoms with Crippen molar-refractivity contribution >= 4 is 5.97 Å². The van der Waals surface area contributed by atoms with E-state index in [4.69, 9.17) is 4.74 Å². The molecule has 2 atom stereocenters. The summed E-state index contributed by atoms with van der Waals surface area (Å²) in [6.07, 6.45) is 7.28. The first-order chi connectivity index (χ1) is 5.27. The van der Waals surface area contributed by atoms with Gasteiger partial charge in [-0.15, -0.1) is 6.58 Å². The monoisotopic (exact) mass is 150 g/mol. The van der Waals surface area contributed by atoms with Gasteiger partial charge in [-0.1, -0.05) is 6.08 Å². The van der Waals surface area contributed by atoms with E-state index < -0.39 is 0 Å². The maximum absolute atomic E-state index is 10.8. The van der Waals surface area contributed by atoms with Crippen LogP contribution in [0.5, 0.6) is 0 Å². The van der Waals surface area contributed by atoms with E-state index in [-0.39, 0.29) is 11.6 Å². The summed E-state index contributed by atoms with van der Waals surface area (Å²) in [7, 11) is 0. The van der Waals surface area contributed by atoms with Crippen LogP contribution >= 0.6 is 0 Å². The normalized spacial score (nSPS) is 40.4. The quantitative estimate of drug-likeness (QED) is 0.417. The fraction of sp³-hybridized carbons (Fsp3) is 0.444. The first-order valence-corrected chi connectivity index (χ1v) is 3.82. The van der Waals surface area contributed by atoms with Gasteiger partial charge in [0.05, 0.1) is 0 Å². The Bertz CT molecular complexity index is 242. The highest BCUT2D eigenvalue weighted by Crippen LogP contribution is 2.45. The molecule has 1 saturated carbocycles. The number of carbonyl (C=O) groups excluding carboxylic acids is 1. The summed E-state index contributed by atoms with van der Waals surface area (Å²) in [4.78, 5) is 10.8. The van der Waals surface area contributed by atoms with Crippen LogP contribution in [0.1, 0.15) is 12.8 Å². The predicted molar refractivity (Wildman–Crippen MR) is 40.9 cm³/mol. The van der Waals surface area contributed by atoms with Gasteiger partial charge >= 0.3 is 5.97 Å². The minimum Gasteiger partial charge on any atom is -0.451 e. The van der Waals surface area contributed by atoms with Crippen LogP contribution < -0.4 is 0 Å². The van der Waals surface area contributed by atoms with E-state index in [9.17, 15) is 4.79 Å². The van der Waals surface area contributed by atoms with Gasteiger partial charge in [0.25, 0.3) is 0 Å². The van der Waals surface area contributed by atoms with Crippen LogP contribution in [0.25, 0.3) is 0 Å². The highest BCUT2D eigenvalue weighted by molar-refractivity contribution is 5.85. The molecule has 0 saturated heterocycles. The van der Waals surface area contributed by atoms with Crippen molar-refractivity contribution in [3.63, 3.8) is 0 Å². The molecule has 1 aliphatic heterocycles. The minimum absolute atomic E-state index is 0.212. The molecule has 2 aliphatic rings. The van der Waals surface area contributed by atoms with Gasteiger partial charge < -0.3 is 4.74 Å². The van der Waals surface area contributed by atoms with Crippen molar-refractivity contribution in [3.8, 4) is 0 Å². The Labute approximate surface area is 65.5 Å². The van der Waals surface area contributed by atoms with Crippen LogP contribution in [-0.4, -0.2) is 11.6 Å². The number of esters is 1. The van der Waals surface area contributed by atoms with Crippen molar-refractivity contribution in [1.82, 2.24) is 0 Å². The molecule has 11 heavy (non-hydrogen) atoms. The van der Waals surface area contributed by atoms with E-state index >= 15 is 0 Å². The first-order valence-electron chi connectivity index (χ1n) is 3.82. The van der Waals surface area contributed by atoms with E-state index in [1.165, 1.54) is 6.08 Å². The molecular formula is C9H10O2. The summed E-state index contributed by atoms with van der Waals surface area (Å²) >= 11 is 0. The van der Waals surface area contributed by atoms with Gasteiger partial charge in [0.1, 0.15) is 5.60 Å². The summed E-state index contributed by atoms with van der Waals surface area (Å²) in [6.45, 7) is 3.70. The molecule has 0 bridgehead atoms. The molecule has 1 spiro atoms. The van der Waals surface area contributed by atoms with Crippen molar-refractivity contribution in [3.05, 3.63) is 24.8 Å². The molecule has 0 amide bonds. The fourth-order valence-electron chi connectivity index (χ4n) is 1.71. The zero-order valence-corrected chi connectivity index (χ0v) is 6.25. The predicted octanol–water partition coefficient (Wildman–Crippen LogP) is 1.43. The minimum atomic E-state index is -0.293. The molecule has 58 valence electrons. The third-order valence-corrected chi connectivity index (χ3v) is 2.55. The molecule has 0 radical (unpaired) electrons. The standard InChI is InChI=1S/C9H10O2/c1-2-7-3-5-9(7)6-4-8(10)11-9/h2,4,6-7H,1,3,5H2/t7-,9-/m0/s1. The van der Waals surface area contributed by atoms with Crippen molar-refractivity contribution < 1.29 is 9.53 Å². The fourth-order valence-corrected chi connectivity index (χ4v) is 1.71. The summed E-state index contributed by atoms with van der Waals surface area (Å²) < 4.78 is 5.17. The summed E-state index contributed by atoms with van der Waals surface area (Å²) in [5, 5.41) is 0. The Morgan fingerprint density at radius 3 is 3.00 bits per heavy atom. The van der Waals surface area contributed by atoms with Crippen molar-refractivity contribution in [2.45, 2.75) is 18.4 Å². The van der Waals surface area contributed by atoms with Crippen molar-refractivity contribution in [2.75, 3.05) is 0 Å².